The highest BCUT2D eigenvalue weighted by atomic mass is 15.1. The molecule has 1 aromatic rings. The fourth-order valence-electron chi connectivity index (χ4n) is 1.88. The van der Waals surface area contributed by atoms with Gasteiger partial charge in [-0.1, -0.05) is 19.9 Å². The molecule has 96 valence electrons. The summed E-state index contributed by atoms with van der Waals surface area (Å²) in [5.41, 5.74) is 2.43. The van der Waals surface area contributed by atoms with Crippen LogP contribution in [0.3, 0.4) is 0 Å². The van der Waals surface area contributed by atoms with E-state index in [1.165, 1.54) is 18.5 Å². The van der Waals surface area contributed by atoms with Crippen molar-refractivity contribution in [2.24, 2.45) is 0 Å². The normalized spacial score (nSPS) is 11.1. The van der Waals surface area contributed by atoms with Crippen LogP contribution in [0.1, 0.15) is 31.5 Å². The second kappa shape index (κ2) is 8.20. The average molecular weight is 235 g/mol. The first-order valence-corrected chi connectivity index (χ1v) is 6.61. The summed E-state index contributed by atoms with van der Waals surface area (Å²) < 4.78 is 0. The first kappa shape index (κ1) is 14.1. The predicted octanol–water partition coefficient (Wildman–Crippen LogP) is 2.21. The molecule has 1 rings (SSSR count). The van der Waals surface area contributed by atoms with Crippen molar-refractivity contribution in [3.8, 4) is 0 Å². The van der Waals surface area contributed by atoms with Gasteiger partial charge in [-0.05, 0) is 51.2 Å². The van der Waals surface area contributed by atoms with Crippen molar-refractivity contribution in [1.82, 2.24) is 15.2 Å². The molecule has 0 aromatic carbocycles. The van der Waals surface area contributed by atoms with Crippen molar-refractivity contribution in [3.05, 3.63) is 29.6 Å². The average Bonchev–Trinajstić information content (AvgIpc) is 2.36. The molecule has 0 bridgehead atoms. The monoisotopic (exact) mass is 235 g/mol. The maximum Gasteiger partial charge on any atom is 0.0570 e. The van der Waals surface area contributed by atoms with Gasteiger partial charge >= 0.3 is 0 Å². The van der Waals surface area contributed by atoms with E-state index in [0.29, 0.717) is 0 Å². The molecular formula is C14H25N3. The minimum atomic E-state index is 0.880. The van der Waals surface area contributed by atoms with Crippen molar-refractivity contribution in [2.75, 3.05) is 26.2 Å². The largest absolute Gasteiger partial charge is 0.311 e. The lowest BCUT2D eigenvalue weighted by molar-refractivity contribution is 0.298. The van der Waals surface area contributed by atoms with Crippen LogP contribution in [0.5, 0.6) is 0 Å². The van der Waals surface area contributed by atoms with E-state index in [2.05, 4.69) is 42.0 Å². The number of aryl methyl sites for hydroxylation is 1. The molecule has 0 radical (unpaired) electrons. The van der Waals surface area contributed by atoms with E-state index in [0.717, 1.165) is 31.9 Å². The zero-order chi connectivity index (χ0) is 12.5. The SMILES string of the molecule is CCN(CC)CCCNCc1ncccc1C. The first-order chi connectivity index (χ1) is 8.27. The lowest BCUT2D eigenvalue weighted by atomic mass is 10.2. The highest BCUT2D eigenvalue weighted by Gasteiger charge is 1.99. The van der Waals surface area contributed by atoms with E-state index in [1.807, 2.05) is 12.3 Å². The molecule has 0 saturated heterocycles. The quantitative estimate of drug-likeness (QED) is 0.700. The van der Waals surface area contributed by atoms with Crippen LogP contribution >= 0.6 is 0 Å². The van der Waals surface area contributed by atoms with Crippen LogP contribution in [0, 0.1) is 6.92 Å². The van der Waals surface area contributed by atoms with Crippen LogP contribution in [0.2, 0.25) is 0 Å². The highest BCUT2D eigenvalue weighted by molar-refractivity contribution is 5.17. The molecule has 0 fully saturated rings. The number of hydrogen-bond acceptors (Lipinski definition) is 3. The fourth-order valence-corrected chi connectivity index (χ4v) is 1.88. The summed E-state index contributed by atoms with van der Waals surface area (Å²) in [6, 6.07) is 4.10. The van der Waals surface area contributed by atoms with E-state index in [-0.39, 0.29) is 0 Å². The molecule has 0 aliphatic rings. The Morgan fingerprint density at radius 1 is 1.29 bits per heavy atom. The van der Waals surface area contributed by atoms with E-state index >= 15 is 0 Å². The van der Waals surface area contributed by atoms with Gasteiger partial charge in [0.2, 0.25) is 0 Å². The van der Waals surface area contributed by atoms with Crippen LogP contribution < -0.4 is 5.32 Å². The van der Waals surface area contributed by atoms with Gasteiger partial charge in [-0.2, -0.15) is 0 Å². The van der Waals surface area contributed by atoms with Crippen LogP contribution in [-0.2, 0) is 6.54 Å². The van der Waals surface area contributed by atoms with Gasteiger partial charge in [-0.25, -0.2) is 0 Å². The minimum Gasteiger partial charge on any atom is -0.311 e. The number of rotatable bonds is 8. The Bertz CT molecular complexity index is 308. The molecule has 17 heavy (non-hydrogen) atoms. The number of nitrogens with one attached hydrogen (secondary N) is 1. The van der Waals surface area contributed by atoms with Crippen LogP contribution in [0.25, 0.3) is 0 Å². The van der Waals surface area contributed by atoms with Crippen molar-refractivity contribution >= 4 is 0 Å². The third-order valence-corrected chi connectivity index (χ3v) is 3.13. The Morgan fingerprint density at radius 2 is 2.06 bits per heavy atom. The van der Waals surface area contributed by atoms with Gasteiger partial charge in [0.05, 0.1) is 5.69 Å². The Labute approximate surface area is 105 Å². The maximum absolute atomic E-state index is 4.37. The number of nitrogens with zero attached hydrogens (tertiary/aromatic N) is 2. The van der Waals surface area contributed by atoms with E-state index in [9.17, 15) is 0 Å². The van der Waals surface area contributed by atoms with Crippen molar-refractivity contribution in [1.29, 1.82) is 0 Å². The molecule has 3 nitrogen and oxygen atoms in total. The van der Waals surface area contributed by atoms with Crippen LogP contribution in [0.4, 0.5) is 0 Å². The topological polar surface area (TPSA) is 28.2 Å². The maximum atomic E-state index is 4.37. The molecule has 0 spiro atoms. The lowest BCUT2D eigenvalue weighted by Gasteiger charge is -2.17. The molecule has 0 atom stereocenters. The first-order valence-electron chi connectivity index (χ1n) is 6.61. The van der Waals surface area contributed by atoms with Gasteiger partial charge in [0.15, 0.2) is 0 Å². The van der Waals surface area contributed by atoms with Gasteiger partial charge in [0.1, 0.15) is 0 Å². The molecular weight excluding hydrogens is 210 g/mol. The van der Waals surface area contributed by atoms with Gasteiger partial charge in [-0.3, -0.25) is 4.98 Å². The summed E-state index contributed by atoms with van der Waals surface area (Å²) in [6.45, 7) is 12.0. The molecule has 0 unspecified atom stereocenters. The van der Waals surface area contributed by atoms with Crippen molar-refractivity contribution < 1.29 is 0 Å². The minimum absolute atomic E-state index is 0.880. The predicted molar refractivity (Wildman–Crippen MR) is 73.1 cm³/mol. The standard InChI is InChI=1S/C14H25N3/c1-4-17(5-2)11-7-9-15-12-14-13(3)8-6-10-16-14/h6,8,10,15H,4-5,7,9,11-12H2,1-3H3. The summed E-state index contributed by atoms with van der Waals surface area (Å²) in [7, 11) is 0. The summed E-state index contributed by atoms with van der Waals surface area (Å²) in [6.07, 6.45) is 3.06. The second-order valence-electron chi connectivity index (χ2n) is 4.32. The molecule has 1 aromatic heterocycles. The Kier molecular flexibility index (Phi) is 6.82. The molecule has 1 N–H and O–H groups in total. The van der Waals surface area contributed by atoms with E-state index < -0.39 is 0 Å². The molecule has 0 saturated carbocycles. The summed E-state index contributed by atoms with van der Waals surface area (Å²) >= 11 is 0. The Hall–Kier alpha value is -0.930. The van der Waals surface area contributed by atoms with Crippen LogP contribution in [0.15, 0.2) is 18.3 Å². The fraction of sp³-hybridized carbons (Fsp3) is 0.643. The Morgan fingerprint density at radius 3 is 2.71 bits per heavy atom. The summed E-state index contributed by atoms with van der Waals surface area (Å²) in [5, 5.41) is 3.46. The molecule has 1 heterocycles. The third kappa shape index (κ3) is 5.29. The Balaban J connectivity index is 2.14. The molecule has 0 aliphatic heterocycles. The van der Waals surface area contributed by atoms with Crippen LogP contribution in [-0.4, -0.2) is 36.1 Å². The zero-order valence-electron chi connectivity index (χ0n) is 11.4. The van der Waals surface area contributed by atoms with E-state index in [4.69, 9.17) is 0 Å². The van der Waals surface area contributed by atoms with Gasteiger partial charge in [-0.15, -0.1) is 0 Å². The van der Waals surface area contributed by atoms with E-state index in [1.54, 1.807) is 0 Å². The smallest absolute Gasteiger partial charge is 0.0570 e. The third-order valence-electron chi connectivity index (χ3n) is 3.13. The number of pyridine rings is 1. The second-order valence-corrected chi connectivity index (χ2v) is 4.32. The van der Waals surface area contributed by atoms with Gasteiger partial charge < -0.3 is 10.2 Å². The molecule has 3 heteroatoms. The summed E-state index contributed by atoms with van der Waals surface area (Å²) in [4.78, 5) is 6.82. The van der Waals surface area contributed by atoms with Crippen molar-refractivity contribution in [3.63, 3.8) is 0 Å². The highest BCUT2D eigenvalue weighted by Crippen LogP contribution is 2.02. The summed E-state index contributed by atoms with van der Waals surface area (Å²) in [5.74, 6) is 0. The molecule has 0 aliphatic carbocycles. The number of aromatic nitrogens is 1. The number of hydrogen-bond donors (Lipinski definition) is 1. The van der Waals surface area contributed by atoms with Gasteiger partial charge in [0, 0.05) is 12.7 Å². The molecule has 0 amide bonds. The van der Waals surface area contributed by atoms with Crippen molar-refractivity contribution in [2.45, 2.75) is 33.7 Å². The zero-order valence-corrected chi connectivity index (χ0v) is 11.4. The lowest BCUT2D eigenvalue weighted by Crippen LogP contribution is -2.27. The van der Waals surface area contributed by atoms with Gasteiger partial charge in [0.25, 0.3) is 0 Å².